The number of hydrogen-bond acceptors (Lipinski definition) is 2. The Morgan fingerprint density at radius 1 is 0.404 bits per heavy atom. The molecule has 8 aromatic rings. The Kier molecular flexibility index (Phi) is 5.97. The first-order valence-electron chi connectivity index (χ1n) is 18.2. The van der Waals surface area contributed by atoms with Gasteiger partial charge in [0, 0.05) is 33.6 Å². The van der Waals surface area contributed by atoms with Crippen LogP contribution in [0, 0.1) is 0 Å². The maximum absolute atomic E-state index is 6.75. The molecule has 1 unspecified atom stereocenters. The van der Waals surface area contributed by atoms with Gasteiger partial charge in [-0.2, -0.15) is 0 Å². The number of rotatable bonds is 3. The Balaban J connectivity index is 1.17. The van der Waals surface area contributed by atoms with Gasteiger partial charge in [0.25, 0.3) is 0 Å². The van der Waals surface area contributed by atoms with Gasteiger partial charge in [-0.05, 0) is 104 Å². The summed E-state index contributed by atoms with van der Waals surface area (Å²) in [6, 6.07) is 64.6. The van der Waals surface area contributed by atoms with E-state index in [-0.39, 0.29) is 5.41 Å². The summed E-state index contributed by atoms with van der Waals surface area (Å²) in [4.78, 5) is 2.43. The highest BCUT2D eigenvalue weighted by Crippen LogP contribution is 2.64. The summed E-state index contributed by atoms with van der Waals surface area (Å²) >= 11 is 0. The highest BCUT2D eigenvalue weighted by Gasteiger charge is 2.52. The van der Waals surface area contributed by atoms with Gasteiger partial charge in [-0.3, -0.25) is 0 Å². The molecular formula is C50H35NO. The molecule has 2 heteroatoms. The minimum absolute atomic E-state index is 0.0971. The first kappa shape index (κ1) is 29.4. The summed E-state index contributed by atoms with van der Waals surface area (Å²) < 4.78 is 6.75. The molecular weight excluding hydrogens is 631 g/mol. The Morgan fingerprint density at radius 3 is 1.87 bits per heavy atom. The number of nitrogens with zero attached hydrogens (tertiary/aromatic N) is 1. The average molecular weight is 666 g/mol. The van der Waals surface area contributed by atoms with Crippen molar-refractivity contribution in [2.45, 2.75) is 24.7 Å². The second-order valence-corrected chi connectivity index (χ2v) is 14.9. The van der Waals surface area contributed by atoms with Gasteiger partial charge in [0.15, 0.2) is 0 Å². The first-order valence-corrected chi connectivity index (χ1v) is 18.2. The fraction of sp³-hybridized carbons (Fsp3) is 0.0800. The van der Waals surface area contributed by atoms with E-state index in [0.717, 1.165) is 28.6 Å². The second kappa shape index (κ2) is 10.6. The summed E-state index contributed by atoms with van der Waals surface area (Å²) in [7, 11) is 0. The molecule has 0 N–H and O–H groups in total. The van der Waals surface area contributed by atoms with E-state index in [1.807, 2.05) is 0 Å². The van der Waals surface area contributed by atoms with Crippen LogP contribution in [0.25, 0.3) is 33.0 Å². The monoisotopic (exact) mass is 665 g/mol. The molecule has 0 fully saturated rings. The van der Waals surface area contributed by atoms with Crippen molar-refractivity contribution in [1.82, 2.24) is 0 Å². The topological polar surface area (TPSA) is 12.5 Å². The van der Waals surface area contributed by atoms with Crippen molar-refractivity contribution in [3.8, 4) is 33.8 Å². The van der Waals surface area contributed by atoms with E-state index in [9.17, 15) is 0 Å². The first-order chi connectivity index (χ1) is 25.5. The van der Waals surface area contributed by atoms with E-state index in [1.54, 1.807) is 0 Å². The van der Waals surface area contributed by atoms with Crippen LogP contribution >= 0.6 is 0 Å². The second-order valence-electron chi connectivity index (χ2n) is 14.9. The van der Waals surface area contributed by atoms with E-state index < -0.39 is 5.41 Å². The molecule has 2 aliphatic carbocycles. The molecule has 0 aromatic heterocycles. The van der Waals surface area contributed by atoms with Gasteiger partial charge >= 0.3 is 0 Å². The van der Waals surface area contributed by atoms with Crippen LogP contribution in [-0.4, -0.2) is 0 Å². The molecule has 3 aliphatic rings. The Labute approximate surface area is 304 Å². The van der Waals surface area contributed by atoms with E-state index in [1.165, 1.54) is 66.4 Å². The highest BCUT2D eigenvalue weighted by molar-refractivity contribution is 5.98. The summed E-state index contributed by atoms with van der Waals surface area (Å²) in [6.07, 6.45) is 0. The molecule has 1 spiro atoms. The zero-order valence-corrected chi connectivity index (χ0v) is 29.1. The minimum atomic E-state index is -0.545. The molecule has 0 amide bonds. The minimum Gasteiger partial charge on any atom is -0.457 e. The lowest BCUT2D eigenvalue weighted by molar-refractivity contribution is 0.438. The van der Waals surface area contributed by atoms with Crippen molar-refractivity contribution in [3.05, 3.63) is 209 Å². The molecule has 0 saturated carbocycles. The van der Waals surface area contributed by atoms with Crippen LogP contribution in [0.3, 0.4) is 0 Å². The fourth-order valence-electron chi connectivity index (χ4n) is 9.67. The Morgan fingerprint density at radius 2 is 1.02 bits per heavy atom. The molecule has 1 atom stereocenters. The normalized spacial score (nSPS) is 16.7. The molecule has 0 saturated heterocycles. The maximum Gasteiger partial charge on any atom is 0.132 e. The van der Waals surface area contributed by atoms with Gasteiger partial charge in [-0.15, -0.1) is 0 Å². The lowest BCUT2D eigenvalue weighted by atomic mass is 9.65. The molecule has 11 rings (SSSR count). The molecule has 0 radical (unpaired) electrons. The predicted molar refractivity (Wildman–Crippen MR) is 214 cm³/mol. The van der Waals surface area contributed by atoms with Crippen molar-refractivity contribution in [2.75, 3.05) is 4.90 Å². The van der Waals surface area contributed by atoms with Gasteiger partial charge in [0.2, 0.25) is 0 Å². The van der Waals surface area contributed by atoms with Crippen molar-refractivity contribution in [1.29, 1.82) is 0 Å². The number of fused-ring (bicyclic) bond motifs is 14. The van der Waals surface area contributed by atoms with Crippen LogP contribution in [-0.2, 0) is 10.8 Å². The molecule has 246 valence electrons. The molecule has 0 bridgehead atoms. The summed E-state index contributed by atoms with van der Waals surface area (Å²) in [5.74, 6) is 1.82. The lowest BCUT2D eigenvalue weighted by Crippen LogP contribution is -2.32. The van der Waals surface area contributed by atoms with Crippen LogP contribution in [0.4, 0.5) is 17.1 Å². The van der Waals surface area contributed by atoms with Crippen LogP contribution < -0.4 is 9.64 Å². The zero-order valence-electron chi connectivity index (χ0n) is 29.1. The Bertz CT molecular complexity index is 2760. The summed E-state index contributed by atoms with van der Waals surface area (Å²) in [5, 5.41) is 2.43. The number of anilines is 3. The van der Waals surface area contributed by atoms with Crippen molar-refractivity contribution >= 4 is 27.8 Å². The van der Waals surface area contributed by atoms with Crippen LogP contribution in [0.5, 0.6) is 11.5 Å². The number of para-hydroxylation sites is 2. The number of benzene rings is 8. The summed E-state index contributed by atoms with van der Waals surface area (Å²) in [5.41, 5.74) is 15.6. The van der Waals surface area contributed by atoms with Crippen LogP contribution in [0.15, 0.2) is 176 Å². The van der Waals surface area contributed by atoms with E-state index >= 15 is 0 Å². The van der Waals surface area contributed by atoms with Gasteiger partial charge in [0.05, 0.1) is 5.41 Å². The third kappa shape index (κ3) is 3.79. The molecule has 52 heavy (non-hydrogen) atoms. The zero-order chi connectivity index (χ0) is 34.6. The van der Waals surface area contributed by atoms with E-state index in [0.29, 0.717) is 0 Å². The number of ether oxygens (including phenoxy) is 1. The van der Waals surface area contributed by atoms with Crippen LogP contribution in [0.1, 0.15) is 47.2 Å². The highest BCUT2D eigenvalue weighted by atomic mass is 16.5. The standard InChI is InChI=1S/C50H35NO/c1-49(2)41-20-10-8-18-37(41)39-27-25-35(31-45(39)49)51(33-15-4-3-5-16-33)34-26-28-43-40(30-34)38-19-9-11-21-42(38)50(43)44-22-12-13-23-46(44)52-47-29-24-32-14-6-7-17-36(32)48(47)50/h3-31H,1-2H3. The molecule has 8 aromatic carbocycles. The molecule has 1 aliphatic heterocycles. The quantitative estimate of drug-likeness (QED) is 0.186. The van der Waals surface area contributed by atoms with Crippen LogP contribution in [0.2, 0.25) is 0 Å². The van der Waals surface area contributed by atoms with Gasteiger partial charge in [0.1, 0.15) is 11.5 Å². The molecule has 1 heterocycles. The van der Waals surface area contributed by atoms with E-state index in [4.69, 9.17) is 4.74 Å². The summed E-state index contributed by atoms with van der Waals surface area (Å²) in [6.45, 7) is 4.71. The SMILES string of the molecule is CC1(C)c2ccccc2-c2ccc(N(c3ccccc3)c3ccc4c(c3)-c3ccccc3C43c4ccccc4Oc4ccc5ccccc5c43)cc21. The third-order valence-corrected chi connectivity index (χ3v) is 11.9. The van der Waals surface area contributed by atoms with Crippen molar-refractivity contribution in [3.63, 3.8) is 0 Å². The van der Waals surface area contributed by atoms with Crippen molar-refractivity contribution < 1.29 is 4.74 Å². The van der Waals surface area contributed by atoms with E-state index in [2.05, 4.69) is 195 Å². The predicted octanol–water partition coefficient (Wildman–Crippen LogP) is 13.1. The number of hydrogen-bond donors (Lipinski definition) is 0. The fourth-order valence-corrected chi connectivity index (χ4v) is 9.67. The van der Waals surface area contributed by atoms with Crippen molar-refractivity contribution in [2.24, 2.45) is 0 Å². The third-order valence-electron chi connectivity index (χ3n) is 11.9. The van der Waals surface area contributed by atoms with Gasteiger partial charge < -0.3 is 9.64 Å². The lowest BCUT2D eigenvalue weighted by Gasteiger charge is -2.40. The maximum atomic E-state index is 6.75. The van der Waals surface area contributed by atoms with Gasteiger partial charge in [-0.1, -0.05) is 141 Å². The average Bonchev–Trinajstić information content (AvgIpc) is 3.60. The smallest absolute Gasteiger partial charge is 0.132 e. The largest absolute Gasteiger partial charge is 0.457 e. The Hall–Kier alpha value is -6.38. The molecule has 2 nitrogen and oxygen atoms in total. The van der Waals surface area contributed by atoms with Gasteiger partial charge in [-0.25, -0.2) is 0 Å².